The van der Waals surface area contributed by atoms with Crippen molar-refractivity contribution < 1.29 is 76.2 Å². The minimum atomic E-state index is -5.67. The van der Waals surface area contributed by atoms with Gasteiger partial charge in [-0.2, -0.15) is 9.29 Å². The number of allylic oxidation sites excluding steroid dienone is 3. The fourth-order valence-corrected chi connectivity index (χ4v) is 9.99. The van der Waals surface area contributed by atoms with Crippen LogP contribution < -0.4 is 11.4 Å². The van der Waals surface area contributed by atoms with Gasteiger partial charge in [0.2, 0.25) is 0 Å². The summed E-state index contributed by atoms with van der Waals surface area (Å²) >= 11 is 0. The average Bonchev–Trinajstić information content (AvgIpc) is 3.29. The number of nitrogens with zero attached hydrogens (tertiary/aromatic N) is 2. The van der Waals surface area contributed by atoms with Gasteiger partial charge in [0, 0.05) is 25.0 Å². The highest BCUT2D eigenvalue weighted by Crippen LogP contribution is 2.60. The molecular weight excluding hydrogens is 952 g/mol. The largest absolute Gasteiger partial charge is 0.481 e. The normalized spacial score (nSPS) is 28.4. The van der Waals surface area contributed by atoms with Crippen LogP contribution in [0.2, 0.25) is 0 Å². The number of aliphatic hydroxyl groups excluding tert-OH is 3. The first-order valence-corrected chi connectivity index (χ1v) is 27.9. The van der Waals surface area contributed by atoms with Crippen molar-refractivity contribution in [1.82, 2.24) is 9.55 Å². The number of hydrogen-bond acceptors (Lipinski definition) is 17. The molecule has 0 aromatic carbocycles. The van der Waals surface area contributed by atoms with Crippen LogP contribution in [0.1, 0.15) is 155 Å². The Balaban J connectivity index is 1.80. The molecular formula is C48H79N3O17P2. The van der Waals surface area contributed by atoms with Crippen molar-refractivity contribution in [2.45, 2.75) is 186 Å². The smallest absolute Gasteiger partial charge is 0.462 e. The first-order valence-electron chi connectivity index (χ1n) is 24.9. The molecule has 22 heteroatoms. The number of nitrogen functional groups attached to an aromatic ring is 1. The molecule has 0 saturated carbocycles. The molecule has 2 aliphatic heterocycles. The molecule has 20 nitrogen and oxygen atoms in total. The Morgan fingerprint density at radius 1 is 0.914 bits per heavy atom. The van der Waals surface area contributed by atoms with E-state index in [0.717, 1.165) is 55.1 Å². The van der Waals surface area contributed by atoms with Crippen LogP contribution in [0.4, 0.5) is 5.82 Å². The van der Waals surface area contributed by atoms with E-state index < -0.39 is 107 Å². The maximum absolute atomic E-state index is 13.8. The third-order valence-corrected chi connectivity index (χ3v) is 14.5. The number of unbranched alkanes of at least 4 members (excludes halogenated alkanes) is 11. The van der Waals surface area contributed by atoms with Crippen molar-refractivity contribution in [3.63, 3.8) is 0 Å². The van der Waals surface area contributed by atoms with E-state index in [1.807, 2.05) is 6.92 Å². The van der Waals surface area contributed by atoms with Gasteiger partial charge in [-0.25, -0.2) is 13.9 Å². The van der Waals surface area contributed by atoms with E-state index in [4.69, 9.17) is 29.0 Å². The molecule has 3 heterocycles. The number of carbonyl (C=O) groups excluding carboxylic acids is 3. The average molecular weight is 1030 g/mol. The summed E-state index contributed by atoms with van der Waals surface area (Å²) in [6.45, 7) is 3.84. The molecule has 10 atom stereocenters. The number of rotatable bonds is 22. The Hall–Kier alpha value is -3.39. The van der Waals surface area contributed by atoms with Gasteiger partial charge in [0.05, 0.1) is 31.3 Å². The second kappa shape index (κ2) is 32.6. The van der Waals surface area contributed by atoms with E-state index in [9.17, 15) is 53.4 Å². The number of fused-ring (bicyclic) bond motifs is 3. The summed E-state index contributed by atoms with van der Waals surface area (Å²) in [5, 5.41) is 33.8. The summed E-state index contributed by atoms with van der Waals surface area (Å²) < 4.78 is 58.9. The van der Waals surface area contributed by atoms with Crippen LogP contribution in [0.25, 0.3) is 0 Å². The molecule has 3 rings (SSSR count). The Labute approximate surface area is 412 Å². The van der Waals surface area contributed by atoms with Gasteiger partial charge in [0.1, 0.15) is 30.9 Å². The van der Waals surface area contributed by atoms with Crippen molar-refractivity contribution in [2.75, 3.05) is 25.6 Å². The van der Waals surface area contributed by atoms with Crippen LogP contribution in [0, 0.1) is 17.8 Å². The topological polar surface area (TPSA) is 303 Å². The molecule has 0 aliphatic carbocycles. The summed E-state index contributed by atoms with van der Waals surface area (Å²) in [6, 6.07) is 1.28. The monoisotopic (exact) mass is 1030 g/mol. The Morgan fingerprint density at radius 3 is 2.21 bits per heavy atom. The highest BCUT2D eigenvalue weighted by molar-refractivity contribution is 7.61. The summed E-state index contributed by atoms with van der Waals surface area (Å²) in [5.74, 6) is -3.91. The first-order chi connectivity index (χ1) is 33.3. The minimum absolute atomic E-state index is 0.0530. The van der Waals surface area contributed by atoms with Gasteiger partial charge in [-0.05, 0) is 50.2 Å². The lowest BCUT2D eigenvalue weighted by Gasteiger charge is -2.36. The third kappa shape index (κ3) is 24.4. The number of esters is 2. The standard InChI is InChI=1S/C48H79N3O17P2/c1-4-5-16-23-37(52)27-28-39-40(53)29-26-36-22-18-14-15-20-25-44(55)66-38(32-63-43(54)24-19-13-11-9-7-6-8-10-12-17-21-35(2)3)33-64-69(59,60)68-70(61,62)65-34-41(46(57)45(39)56)67-47(36)51-31-30-42(49)50-48(51)58/h14,18,26-31,35-39,41,45-47,52,56-57H,4-13,15-17,19-25,32-34H2,1-3H3,(H,59,60)(H,61,62)(H2,49,50,58)/t36-,37-,38+,39-,41+,45-,46+,47+/m0/s1. The number of phosphoric ester groups is 2. The molecule has 0 fully saturated rings. The van der Waals surface area contributed by atoms with Gasteiger partial charge < -0.3 is 45.1 Å². The maximum atomic E-state index is 13.8. The number of ketones is 1. The van der Waals surface area contributed by atoms with E-state index in [2.05, 4.69) is 23.1 Å². The lowest BCUT2D eigenvalue weighted by atomic mass is 9.88. The lowest BCUT2D eigenvalue weighted by Crippen LogP contribution is -2.49. The third-order valence-electron chi connectivity index (χ3n) is 11.9. The number of aliphatic hydroxyl groups is 3. The number of ether oxygens (including phenoxy) is 3. The van der Waals surface area contributed by atoms with Crippen molar-refractivity contribution in [3.8, 4) is 0 Å². The SMILES string of the molecule is CCCCC[C@H](O)C=C[C@H]1C(=O)C=C[C@@H]2CC=CCCCC(=O)O[C@H](COC(=O)CCCCCCCCCCCCC(C)C)COP(=O)(O)OP(=O)(O)OC[C@@H](O[C@H]2n2ccc(N)nc2=O)[C@@H](O)[C@H]1O. The number of anilines is 1. The molecule has 1 aromatic heterocycles. The van der Waals surface area contributed by atoms with Crippen LogP contribution in [0.15, 0.2) is 53.5 Å². The summed E-state index contributed by atoms with van der Waals surface area (Å²) in [5.41, 5.74) is 4.83. The van der Waals surface area contributed by atoms with Gasteiger partial charge in [-0.1, -0.05) is 135 Å². The van der Waals surface area contributed by atoms with Crippen molar-refractivity contribution in [1.29, 1.82) is 0 Å². The van der Waals surface area contributed by atoms with Crippen molar-refractivity contribution >= 4 is 39.2 Å². The molecule has 0 saturated heterocycles. The molecule has 0 spiro atoms. The molecule has 2 unspecified atom stereocenters. The van der Waals surface area contributed by atoms with Crippen LogP contribution in [-0.2, 0) is 51.1 Å². The number of aromatic nitrogens is 2. The van der Waals surface area contributed by atoms with Crippen molar-refractivity contribution in [2.24, 2.45) is 17.8 Å². The van der Waals surface area contributed by atoms with Crippen LogP contribution in [-0.4, -0.2) is 103 Å². The van der Waals surface area contributed by atoms with E-state index in [0.29, 0.717) is 25.7 Å². The minimum Gasteiger partial charge on any atom is -0.462 e. The highest BCUT2D eigenvalue weighted by Gasteiger charge is 2.42. The molecule has 1 aromatic rings. The van der Waals surface area contributed by atoms with Crippen LogP contribution in [0.3, 0.4) is 0 Å². The number of nitrogens with two attached hydrogens (primary N) is 1. The fourth-order valence-electron chi connectivity index (χ4n) is 7.88. The molecule has 0 amide bonds. The van der Waals surface area contributed by atoms with Crippen LogP contribution in [0.5, 0.6) is 0 Å². The predicted octanol–water partition coefficient (Wildman–Crippen LogP) is 7.47. The summed E-state index contributed by atoms with van der Waals surface area (Å²) in [7, 11) is -11.2. The number of cyclic esters (lactones) is 1. The Morgan fingerprint density at radius 2 is 1.56 bits per heavy atom. The van der Waals surface area contributed by atoms with E-state index in [1.165, 1.54) is 69.0 Å². The molecule has 2 aliphatic rings. The van der Waals surface area contributed by atoms with Crippen molar-refractivity contribution in [3.05, 3.63) is 59.2 Å². The van der Waals surface area contributed by atoms with Gasteiger partial charge in [0.15, 0.2) is 11.9 Å². The zero-order chi connectivity index (χ0) is 51.5. The van der Waals surface area contributed by atoms with E-state index in [1.54, 1.807) is 12.2 Å². The maximum Gasteiger partial charge on any atom is 0.481 e. The van der Waals surface area contributed by atoms with Crippen LogP contribution >= 0.6 is 15.6 Å². The molecule has 2 bridgehead atoms. The summed E-state index contributed by atoms with van der Waals surface area (Å²) in [4.78, 5) is 77.7. The fraction of sp³-hybridized carbons (Fsp3) is 0.729. The number of phosphoric acid groups is 2. The second-order valence-corrected chi connectivity index (χ2v) is 21.5. The van der Waals surface area contributed by atoms with Gasteiger partial charge in [0.25, 0.3) is 0 Å². The molecule has 398 valence electrons. The number of hydrogen-bond donors (Lipinski definition) is 6. The van der Waals surface area contributed by atoms with E-state index >= 15 is 0 Å². The molecule has 0 radical (unpaired) electrons. The lowest BCUT2D eigenvalue weighted by molar-refractivity contribution is -0.167. The summed E-state index contributed by atoms with van der Waals surface area (Å²) in [6.07, 6.45) is 15.2. The quantitative estimate of drug-likeness (QED) is 0.0284. The van der Waals surface area contributed by atoms with Gasteiger partial charge in [-0.3, -0.25) is 28.0 Å². The Kier molecular flexibility index (Phi) is 28.4. The zero-order valence-corrected chi connectivity index (χ0v) is 42.9. The first kappa shape index (κ1) is 60.9. The van der Waals surface area contributed by atoms with Gasteiger partial charge in [-0.15, -0.1) is 0 Å². The van der Waals surface area contributed by atoms with Gasteiger partial charge >= 0.3 is 33.3 Å². The second-order valence-electron chi connectivity index (χ2n) is 18.5. The zero-order valence-electron chi connectivity index (χ0n) is 41.1. The van der Waals surface area contributed by atoms with E-state index in [-0.39, 0.29) is 31.5 Å². The Bertz CT molecular complexity index is 1980. The molecule has 70 heavy (non-hydrogen) atoms. The number of carbonyl (C=O) groups is 3. The predicted molar refractivity (Wildman–Crippen MR) is 261 cm³/mol. The highest BCUT2D eigenvalue weighted by atomic mass is 31.3. The molecule has 7 N–H and O–H groups in total.